The largest absolute Gasteiger partial charge is 0.491 e. The molecule has 1 heterocycles. The molecule has 0 spiro atoms. The number of aliphatic hydroxyl groups is 1. The van der Waals surface area contributed by atoms with Crippen molar-refractivity contribution in [3.63, 3.8) is 0 Å². The highest BCUT2D eigenvalue weighted by Crippen LogP contribution is 2.14. The second-order valence-electron chi connectivity index (χ2n) is 6.57. The fourth-order valence-electron chi connectivity index (χ4n) is 3.41. The Morgan fingerprint density at radius 2 is 2.28 bits per heavy atom. The van der Waals surface area contributed by atoms with Crippen LogP contribution in [0.2, 0.25) is 0 Å². The summed E-state index contributed by atoms with van der Waals surface area (Å²) < 4.78 is 10.6. The second kappa shape index (κ2) is 10.4. The van der Waals surface area contributed by atoms with Crippen LogP contribution >= 0.6 is 0 Å². The van der Waals surface area contributed by atoms with Gasteiger partial charge in [0.05, 0.1) is 25.3 Å². The van der Waals surface area contributed by atoms with Crippen LogP contribution in [-0.2, 0) is 4.74 Å². The minimum Gasteiger partial charge on any atom is -0.491 e. The molecule has 0 aromatic heterocycles. The maximum atomic E-state index is 11.7. The summed E-state index contributed by atoms with van der Waals surface area (Å²) >= 11 is 0. The Balaban J connectivity index is 1.70. The molecule has 2 rings (SSSR count). The van der Waals surface area contributed by atoms with Crippen LogP contribution in [0.25, 0.3) is 0 Å². The molecule has 1 aromatic carbocycles. The highest BCUT2D eigenvalue weighted by atomic mass is 16.5. The Morgan fingerprint density at radius 1 is 1.44 bits per heavy atom. The van der Waals surface area contributed by atoms with Crippen LogP contribution in [0.3, 0.4) is 0 Å². The number of likely N-dealkylation sites (N-methyl/N-ethyl adjacent to an activating group) is 1. The van der Waals surface area contributed by atoms with Crippen LogP contribution in [0.5, 0.6) is 5.75 Å². The van der Waals surface area contributed by atoms with Gasteiger partial charge < -0.3 is 24.8 Å². The van der Waals surface area contributed by atoms with Crippen LogP contribution in [0, 0.1) is 0 Å². The van der Waals surface area contributed by atoms with Crippen molar-refractivity contribution in [1.29, 1.82) is 0 Å². The number of aliphatic hydroxyl groups excluding tert-OH is 1. The smallest absolute Gasteiger partial charge is 0.338 e. The molecule has 1 aliphatic rings. The Labute approximate surface area is 150 Å². The highest BCUT2D eigenvalue weighted by molar-refractivity contribution is 5.89. The molecule has 0 saturated carbocycles. The molecule has 3 atom stereocenters. The van der Waals surface area contributed by atoms with E-state index in [0.29, 0.717) is 30.5 Å². The molecule has 1 fully saturated rings. The molecule has 0 radical (unpaired) electrons. The zero-order valence-electron chi connectivity index (χ0n) is 15.4. The van der Waals surface area contributed by atoms with Crippen molar-refractivity contribution < 1.29 is 29.6 Å². The summed E-state index contributed by atoms with van der Waals surface area (Å²) in [6.45, 7) is 8.72. The zero-order valence-corrected chi connectivity index (χ0v) is 15.4. The van der Waals surface area contributed by atoms with Crippen LogP contribution in [-0.4, -0.2) is 62.6 Å². The number of ether oxygens (including phenoxy) is 2. The van der Waals surface area contributed by atoms with E-state index in [1.807, 2.05) is 0 Å². The summed E-state index contributed by atoms with van der Waals surface area (Å²) in [6, 6.07) is 7.58. The number of nitrogens with two attached hydrogens (primary N) is 1. The summed E-state index contributed by atoms with van der Waals surface area (Å²) in [5.74, 6) is 0.211. The molecule has 1 saturated heterocycles. The van der Waals surface area contributed by atoms with Crippen molar-refractivity contribution in [3.05, 3.63) is 29.8 Å². The molecule has 6 nitrogen and oxygen atoms in total. The normalized spacial score (nSPS) is 21.1. The first-order valence-electron chi connectivity index (χ1n) is 9.38. The quantitative estimate of drug-likeness (QED) is 0.484. The van der Waals surface area contributed by atoms with E-state index in [-0.39, 0.29) is 12.6 Å². The van der Waals surface area contributed by atoms with E-state index in [9.17, 15) is 9.90 Å². The molecule has 0 aliphatic carbocycles. The van der Waals surface area contributed by atoms with Gasteiger partial charge in [-0.1, -0.05) is 6.07 Å². The summed E-state index contributed by atoms with van der Waals surface area (Å²) in [5.41, 5.74) is 0.462. The Bertz CT molecular complexity index is 538. The highest BCUT2D eigenvalue weighted by Gasteiger charge is 2.28. The first-order chi connectivity index (χ1) is 12.1. The number of quaternary nitrogens is 2. The first kappa shape index (κ1) is 19.7. The van der Waals surface area contributed by atoms with Gasteiger partial charge in [0.2, 0.25) is 0 Å². The average molecular weight is 352 g/mol. The van der Waals surface area contributed by atoms with E-state index in [1.165, 1.54) is 25.9 Å². The summed E-state index contributed by atoms with van der Waals surface area (Å²) in [6.07, 6.45) is 2.06. The number of rotatable bonds is 10. The molecule has 25 heavy (non-hydrogen) atoms. The number of esters is 1. The third-order valence-corrected chi connectivity index (χ3v) is 4.76. The van der Waals surface area contributed by atoms with E-state index in [1.54, 1.807) is 36.1 Å². The van der Waals surface area contributed by atoms with E-state index >= 15 is 0 Å². The molecule has 0 amide bonds. The molecule has 1 aliphatic heterocycles. The predicted molar refractivity (Wildman–Crippen MR) is 95.0 cm³/mol. The lowest BCUT2D eigenvalue weighted by molar-refractivity contribution is -0.924. The zero-order chi connectivity index (χ0) is 18.1. The summed E-state index contributed by atoms with van der Waals surface area (Å²) in [7, 11) is 0. The Morgan fingerprint density at radius 3 is 3.04 bits per heavy atom. The molecule has 1 aromatic rings. The number of likely N-dealkylation sites (tertiary alicyclic amines) is 1. The minimum absolute atomic E-state index is 0.220. The summed E-state index contributed by atoms with van der Waals surface area (Å²) in [4.78, 5) is 13.4. The van der Waals surface area contributed by atoms with Crippen molar-refractivity contribution in [2.24, 2.45) is 0 Å². The topological polar surface area (TPSA) is 76.8 Å². The predicted octanol–water partition coefficient (Wildman–Crippen LogP) is -0.766. The first-order valence-corrected chi connectivity index (χ1v) is 9.38. The summed E-state index contributed by atoms with van der Waals surface area (Å²) in [5, 5.41) is 12.3. The molecule has 0 bridgehead atoms. The SMILES string of the molecule is CCOC(=O)c1cccc(OC[C@@H](O)C[NH2+]C[C@H]2CCC[NH+]2CC)c1. The molecular weight excluding hydrogens is 320 g/mol. The lowest BCUT2D eigenvalue weighted by atomic mass is 10.2. The minimum atomic E-state index is -0.530. The fourth-order valence-corrected chi connectivity index (χ4v) is 3.41. The van der Waals surface area contributed by atoms with E-state index < -0.39 is 6.10 Å². The van der Waals surface area contributed by atoms with Crippen molar-refractivity contribution in [3.8, 4) is 5.75 Å². The molecule has 6 heteroatoms. The Kier molecular flexibility index (Phi) is 8.18. The van der Waals surface area contributed by atoms with Crippen molar-refractivity contribution in [2.75, 3.05) is 39.4 Å². The monoisotopic (exact) mass is 352 g/mol. The van der Waals surface area contributed by atoms with Gasteiger partial charge in [0.25, 0.3) is 0 Å². The fraction of sp³-hybridized carbons (Fsp3) is 0.632. The van der Waals surface area contributed by atoms with E-state index in [0.717, 1.165) is 6.54 Å². The number of carbonyl (C=O) groups excluding carboxylic acids is 1. The second-order valence-corrected chi connectivity index (χ2v) is 6.57. The lowest BCUT2D eigenvalue weighted by Crippen LogP contribution is -3.16. The van der Waals surface area contributed by atoms with Crippen molar-refractivity contribution >= 4 is 5.97 Å². The molecule has 140 valence electrons. The van der Waals surface area contributed by atoms with Gasteiger partial charge in [0.15, 0.2) is 0 Å². The molecule has 4 N–H and O–H groups in total. The van der Waals surface area contributed by atoms with Crippen molar-refractivity contribution in [2.45, 2.75) is 38.8 Å². The standard InChI is InChI=1S/C19H30N2O4/c1-3-21-10-6-8-16(21)12-20-13-17(22)14-25-18-9-5-7-15(11-18)19(23)24-4-2/h5,7,9,11,16-17,20,22H,3-4,6,8,10,12-14H2,1-2H3/p+2/t16-,17+/m1/s1. The van der Waals surface area contributed by atoms with Gasteiger partial charge in [-0.25, -0.2) is 4.79 Å². The van der Waals surface area contributed by atoms with Crippen LogP contribution in [0.4, 0.5) is 0 Å². The third-order valence-electron chi connectivity index (χ3n) is 4.76. The average Bonchev–Trinajstić information content (AvgIpc) is 3.08. The lowest BCUT2D eigenvalue weighted by Gasteiger charge is -2.19. The molecular formula is C19H32N2O4+2. The third kappa shape index (κ3) is 6.30. The van der Waals surface area contributed by atoms with E-state index in [4.69, 9.17) is 9.47 Å². The van der Waals surface area contributed by atoms with Crippen LogP contribution < -0.4 is 15.0 Å². The van der Waals surface area contributed by atoms with Crippen LogP contribution in [0.1, 0.15) is 37.0 Å². The van der Waals surface area contributed by atoms with Crippen molar-refractivity contribution in [1.82, 2.24) is 0 Å². The van der Waals surface area contributed by atoms with Gasteiger partial charge in [-0.2, -0.15) is 0 Å². The van der Waals surface area contributed by atoms with Gasteiger partial charge in [0, 0.05) is 12.8 Å². The maximum Gasteiger partial charge on any atom is 0.338 e. The maximum absolute atomic E-state index is 11.7. The van der Waals surface area contributed by atoms with Gasteiger partial charge in [-0.15, -0.1) is 0 Å². The van der Waals surface area contributed by atoms with Gasteiger partial charge in [0.1, 0.15) is 37.6 Å². The van der Waals surface area contributed by atoms with Gasteiger partial charge in [-0.3, -0.25) is 0 Å². The molecule has 1 unspecified atom stereocenters. The van der Waals surface area contributed by atoms with E-state index in [2.05, 4.69) is 12.2 Å². The number of hydrogen-bond donors (Lipinski definition) is 3. The van der Waals surface area contributed by atoms with Crippen LogP contribution in [0.15, 0.2) is 24.3 Å². The number of nitrogens with one attached hydrogen (secondary N) is 1. The number of hydrogen-bond acceptors (Lipinski definition) is 4. The number of benzene rings is 1. The van der Waals surface area contributed by atoms with Gasteiger partial charge in [-0.05, 0) is 32.0 Å². The van der Waals surface area contributed by atoms with Gasteiger partial charge >= 0.3 is 5.97 Å². The number of carbonyl (C=O) groups is 1. The Hall–Kier alpha value is -1.63.